The number of rotatable bonds is 4. The molecule has 4 rings (SSSR count). The second-order valence-electron chi connectivity index (χ2n) is 9.01. The molecule has 0 bridgehead atoms. The van der Waals surface area contributed by atoms with E-state index in [-0.39, 0.29) is 29.0 Å². The van der Waals surface area contributed by atoms with E-state index in [9.17, 15) is 9.90 Å². The van der Waals surface area contributed by atoms with Gasteiger partial charge in [-0.2, -0.15) is 0 Å². The summed E-state index contributed by atoms with van der Waals surface area (Å²) >= 11 is 0. The van der Waals surface area contributed by atoms with E-state index in [1.807, 2.05) is 26.0 Å². The van der Waals surface area contributed by atoms with E-state index in [4.69, 9.17) is 16.3 Å². The van der Waals surface area contributed by atoms with Gasteiger partial charge in [-0.3, -0.25) is 4.79 Å². The average Bonchev–Trinajstić information content (AvgIpc) is 3.12. The van der Waals surface area contributed by atoms with Gasteiger partial charge in [-0.1, -0.05) is 26.0 Å². The Bertz CT molecular complexity index is 1110. The number of methoxy groups -OCH3 is 1. The number of benzene rings is 1. The number of aryl methyl sites for hydroxylation is 2. The van der Waals surface area contributed by atoms with Crippen molar-refractivity contribution in [3.05, 3.63) is 69.9 Å². The molecule has 0 aliphatic heterocycles. The fourth-order valence-corrected chi connectivity index (χ4v) is 5.60. The molecule has 0 saturated heterocycles. The van der Waals surface area contributed by atoms with E-state index >= 15 is 0 Å². The van der Waals surface area contributed by atoms with Gasteiger partial charge in [-0.05, 0) is 56.2 Å². The maximum Gasteiger partial charge on any atom is 0.305 e. The van der Waals surface area contributed by atoms with Crippen LogP contribution in [0.5, 0.6) is 0 Å². The summed E-state index contributed by atoms with van der Waals surface area (Å²) in [7, 11) is 1.41. The zero-order valence-electron chi connectivity index (χ0n) is 18.6. The number of aromatic nitrogens is 2. The average molecular weight is 420 g/mol. The first-order chi connectivity index (χ1) is 14.8. The van der Waals surface area contributed by atoms with Gasteiger partial charge in [-0.25, -0.2) is 9.83 Å². The first-order valence-electron chi connectivity index (χ1n) is 10.8. The molecule has 2 aliphatic rings. The van der Waals surface area contributed by atoms with Crippen molar-refractivity contribution in [2.24, 2.45) is 11.8 Å². The maximum atomic E-state index is 11.5. The normalized spacial score (nSPS) is 24.9. The summed E-state index contributed by atoms with van der Waals surface area (Å²) in [6, 6.07) is 8.24. The Balaban J connectivity index is 1.74. The first kappa shape index (κ1) is 21.2. The van der Waals surface area contributed by atoms with Crippen LogP contribution in [-0.2, 0) is 27.8 Å². The van der Waals surface area contributed by atoms with Gasteiger partial charge >= 0.3 is 5.97 Å². The molecule has 0 unspecified atom stereocenters. The number of aliphatic hydroxyl groups is 1. The van der Waals surface area contributed by atoms with E-state index in [0.717, 1.165) is 35.6 Å². The van der Waals surface area contributed by atoms with Gasteiger partial charge in [-0.15, -0.1) is 0 Å². The number of hydrogen-bond acceptors (Lipinski definition) is 4. The summed E-state index contributed by atoms with van der Waals surface area (Å²) in [5.74, 6) is 1.20. The Morgan fingerprint density at radius 2 is 2.23 bits per heavy atom. The fourth-order valence-electron chi connectivity index (χ4n) is 5.60. The smallest absolute Gasteiger partial charge is 0.305 e. The van der Waals surface area contributed by atoms with Gasteiger partial charge in [0, 0.05) is 29.1 Å². The largest absolute Gasteiger partial charge is 0.523 e. The van der Waals surface area contributed by atoms with E-state index in [2.05, 4.69) is 28.5 Å². The predicted molar refractivity (Wildman–Crippen MR) is 118 cm³/mol. The first-order valence-corrected chi connectivity index (χ1v) is 10.8. The van der Waals surface area contributed by atoms with Crippen molar-refractivity contribution in [3.63, 3.8) is 0 Å². The summed E-state index contributed by atoms with van der Waals surface area (Å²) in [5, 5.41) is 10.5. The van der Waals surface area contributed by atoms with Gasteiger partial charge < -0.3 is 14.4 Å². The molecule has 31 heavy (non-hydrogen) atoms. The minimum absolute atomic E-state index is 0.0388. The number of nitrogens with zero attached hydrogens (tertiary/aromatic N) is 3. The topological polar surface area (TPSA) is 68.7 Å². The van der Waals surface area contributed by atoms with E-state index in [0.29, 0.717) is 25.0 Å². The number of fused-ring (bicyclic) bond motifs is 3. The molecule has 1 aromatic carbocycles. The number of esters is 1. The van der Waals surface area contributed by atoms with Crippen LogP contribution in [0.2, 0.25) is 0 Å². The summed E-state index contributed by atoms with van der Waals surface area (Å²) in [6.45, 7) is 13.8. The molecular weight excluding hydrogens is 390 g/mol. The molecule has 0 amide bonds. The van der Waals surface area contributed by atoms with Gasteiger partial charge in [0.05, 0.1) is 25.1 Å². The van der Waals surface area contributed by atoms with Gasteiger partial charge in [0.2, 0.25) is 5.70 Å². The molecule has 0 spiro atoms. The van der Waals surface area contributed by atoms with Crippen LogP contribution in [-0.4, -0.2) is 27.7 Å². The number of ether oxygens (including phenoxy) is 1. The Morgan fingerprint density at radius 1 is 1.45 bits per heavy atom. The molecule has 3 atom stereocenters. The Morgan fingerprint density at radius 3 is 2.94 bits per heavy atom. The third kappa shape index (κ3) is 3.42. The van der Waals surface area contributed by atoms with Crippen molar-refractivity contribution in [3.8, 4) is 5.69 Å². The molecule has 1 aromatic heterocycles. The summed E-state index contributed by atoms with van der Waals surface area (Å²) in [5.41, 5.74) is 4.58. The third-order valence-corrected chi connectivity index (χ3v) is 7.21. The lowest BCUT2D eigenvalue weighted by atomic mass is 9.58. The van der Waals surface area contributed by atoms with Crippen molar-refractivity contribution < 1.29 is 14.6 Å². The van der Waals surface area contributed by atoms with Crippen molar-refractivity contribution in [1.29, 1.82) is 0 Å². The number of imidazole rings is 1. The van der Waals surface area contributed by atoms with Crippen molar-refractivity contribution in [2.45, 2.75) is 58.3 Å². The van der Waals surface area contributed by atoms with E-state index in [1.54, 1.807) is 0 Å². The minimum Gasteiger partial charge on any atom is -0.523 e. The van der Waals surface area contributed by atoms with Crippen LogP contribution in [0.4, 0.5) is 0 Å². The van der Waals surface area contributed by atoms with E-state index < -0.39 is 0 Å². The number of carbonyl (C=O) groups excluding carboxylic acids is 1. The Kier molecular flexibility index (Phi) is 5.38. The predicted octanol–water partition coefficient (Wildman–Crippen LogP) is 4.84. The second-order valence-corrected chi connectivity index (χ2v) is 9.01. The van der Waals surface area contributed by atoms with Crippen molar-refractivity contribution in [2.75, 3.05) is 7.11 Å². The molecule has 2 aliphatic carbocycles. The molecule has 1 N–H and O–H groups in total. The quantitative estimate of drug-likeness (QED) is 0.569. The third-order valence-electron chi connectivity index (χ3n) is 7.21. The number of aliphatic hydroxyl groups excluding tert-OH is 1. The van der Waals surface area contributed by atoms with Crippen molar-refractivity contribution >= 4 is 5.97 Å². The zero-order chi connectivity index (χ0) is 22.3. The monoisotopic (exact) mass is 419 g/mol. The standard InChI is InChI=1S/C25H29N3O3/c1-15-19-10-11-21-24(25(19,3)14-20(26-4)23(15)30)27-16(2)28(21)18-8-6-7-17(13-18)9-12-22(29)31-5/h6-8,13,15,19,30H,9-12,14H2,1-3,5H3/t15-,19-,25-/m0/s1. The number of allylic oxidation sites excluding steroid dienone is 2. The van der Waals surface area contributed by atoms with Crippen LogP contribution >= 0.6 is 0 Å². The van der Waals surface area contributed by atoms with Crippen molar-refractivity contribution in [1.82, 2.24) is 9.55 Å². The van der Waals surface area contributed by atoms with Gasteiger partial charge in [0.25, 0.3) is 0 Å². The molecule has 1 heterocycles. The van der Waals surface area contributed by atoms with Gasteiger partial charge in [0.1, 0.15) is 5.82 Å². The SMILES string of the molecule is [C-]#[N+]C1=C(O)[C@@H](C)[C@@H]2CCc3c(nc(C)n3-c3cccc(CCC(=O)OC)c3)[C@@]2(C)C1. The highest BCUT2D eigenvalue weighted by Crippen LogP contribution is 2.53. The summed E-state index contributed by atoms with van der Waals surface area (Å²) in [4.78, 5) is 20.2. The lowest BCUT2D eigenvalue weighted by Gasteiger charge is -2.47. The summed E-state index contributed by atoms with van der Waals surface area (Å²) in [6.07, 6.45) is 3.35. The molecule has 6 heteroatoms. The zero-order valence-corrected chi connectivity index (χ0v) is 18.6. The molecule has 162 valence electrons. The van der Waals surface area contributed by atoms with Crippen LogP contribution in [0.1, 0.15) is 55.9 Å². The van der Waals surface area contributed by atoms with Crippen LogP contribution < -0.4 is 0 Å². The van der Waals surface area contributed by atoms with Crippen LogP contribution in [0, 0.1) is 25.3 Å². The molecule has 2 aromatic rings. The molecule has 0 saturated carbocycles. The van der Waals surface area contributed by atoms with Gasteiger partial charge in [0.15, 0.2) is 0 Å². The lowest BCUT2D eigenvalue weighted by Crippen LogP contribution is -2.44. The molecule has 0 fully saturated rings. The second kappa shape index (κ2) is 7.88. The highest BCUT2D eigenvalue weighted by atomic mass is 16.5. The fraction of sp³-hybridized carbons (Fsp3) is 0.480. The Hall–Kier alpha value is -3.07. The number of hydrogen-bond donors (Lipinski definition) is 1. The molecule has 6 nitrogen and oxygen atoms in total. The Labute approximate surface area is 183 Å². The number of carbonyl (C=O) groups is 1. The molecular formula is C25H29N3O3. The summed E-state index contributed by atoms with van der Waals surface area (Å²) < 4.78 is 6.99. The van der Waals surface area contributed by atoms with E-state index in [1.165, 1.54) is 12.8 Å². The van der Waals surface area contributed by atoms with Crippen LogP contribution in [0.15, 0.2) is 35.7 Å². The minimum atomic E-state index is -0.266. The van der Waals surface area contributed by atoms with Crippen LogP contribution in [0.25, 0.3) is 10.5 Å². The highest BCUT2D eigenvalue weighted by Gasteiger charge is 2.50. The molecule has 0 radical (unpaired) electrons. The van der Waals surface area contributed by atoms with Crippen LogP contribution in [0.3, 0.4) is 0 Å². The maximum absolute atomic E-state index is 11.5. The lowest BCUT2D eigenvalue weighted by molar-refractivity contribution is -0.140. The highest BCUT2D eigenvalue weighted by molar-refractivity contribution is 5.69.